The monoisotopic (exact) mass is 393 g/mol. The van der Waals surface area contributed by atoms with Gasteiger partial charge >= 0.3 is 58.7 Å². The van der Waals surface area contributed by atoms with Gasteiger partial charge in [0.2, 0.25) is 0 Å². The minimum atomic E-state index is 0. The number of rotatable bonds is 0. The van der Waals surface area contributed by atoms with Crippen LogP contribution >= 0.6 is 0 Å². The Morgan fingerprint density at radius 2 is 1.25 bits per heavy atom. The molecule has 4 heavy (non-hydrogen) atoms. The molecule has 0 unspecified atom stereocenters. The fourth-order valence-electron chi connectivity index (χ4n) is 0. The van der Waals surface area contributed by atoms with Crippen LogP contribution in [0.2, 0.25) is 0 Å². The van der Waals surface area contributed by atoms with Crippen LogP contribution in [0.4, 0.5) is 0 Å². The summed E-state index contributed by atoms with van der Waals surface area (Å²) < 4.78 is 0. The van der Waals surface area contributed by atoms with E-state index in [1.807, 2.05) is 0 Å². The SMILES string of the molecule is [Cu].[InH3].[SeH][TeH]. The van der Waals surface area contributed by atoms with Crippen LogP contribution in [0.1, 0.15) is 0 Å². The molecule has 0 amide bonds. The summed E-state index contributed by atoms with van der Waals surface area (Å²) in [6, 6.07) is 0. The van der Waals surface area contributed by atoms with Gasteiger partial charge < -0.3 is 0 Å². The van der Waals surface area contributed by atoms with Gasteiger partial charge in [-0.3, -0.25) is 0 Å². The van der Waals surface area contributed by atoms with E-state index in [2.05, 4.69) is 12.8 Å². The summed E-state index contributed by atoms with van der Waals surface area (Å²) in [7, 11) is 0. The van der Waals surface area contributed by atoms with Gasteiger partial charge in [-0.05, 0) is 0 Å². The molecule has 31 valence electrons. The Kier molecular flexibility index (Phi) is 68.7. The molecule has 0 aromatic rings. The molecule has 1 radical (unpaired) electrons. The van der Waals surface area contributed by atoms with Crippen molar-refractivity contribution >= 4 is 58.7 Å². The van der Waals surface area contributed by atoms with Crippen LogP contribution in [0.15, 0.2) is 0 Å². The summed E-state index contributed by atoms with van der Waals surface area (Å²) in [5.41, 5.74) is 0. The first-order chi connectivity index (χ1) is 1.00. The molecule has 0 spiro atoms. The van der Waals surface area contributed by atoms with Crippen molar-refractivity contribution in [2.45, 2.75) is 0 Å². The van der Waals surface area contributed by atoms with Crippen LogP contribution in [0.3, 0.4) is 0 Å². The molecule has 4 heteroatoms. The van der Waals surface area contributed by atoms with Crippen molar-refractivity contribution in [3.05, 3.63) is 0 Å². The zero-order chi connectivity index (χ0) is 2.00. The Balaban J connectivity index is -0.00000000500. The normalized spacial score (nSPS) is 1.50. The van der Waals surface area contributed by atoms with Gasteiger partial charge in [0.25, 0.3) is 0 Å². The van der Waals surface area contributed by atoms with Gasteiger partial charge in [0.05, 0.1) is 0 Å². The van der Waals surface area contributed by atoms with Gasteiger partial charge in [-0.15, -0.1) is 0 Å². The van der Waals surface area contributed by atoms with Crippen LogP contribution in [0.25, 0.3) is 0 Å². The maximum absolute atomic E-state index is 2.36. The van der Waals surface area contributed by atoms with Gasteiger partial charge in [-0.2, -0.15) is 0 Å². The van der Waals surface area contributed by atoms with Crippen molar-refractivity contribution in [2.75, 3.05) is 0 Å². The van der Waals surface area contributed by atoms with Crippen LogP contribution in [0.5, 0.6) is 0 Å². The molecule has 0 saturated carbocycles. The molecule has 0 saturated heterocycles. The Bertz CT molecular complexity index is 8.00. The quantitative estimate of drug-likeness (QED) is 0.402. The maximum atomic E-state index is 2.36. The third-order valence-corrected chi connectivity index (χ3v) is 0. The molecule has 0 heterocycles. The summed E-state index contributed by atoms with van der Waals surface area (Å²) in [5, 5.41) is 0. The van der Waals surface area contributed by atoms with Crippen molar-refractivity contribution in [2.24, 2.45) is 0 Å². The third kappa shape index (κ3) is 8.83. The van der Waals surface area contributed by atoms with E-state index >= 15 is 0 Å². The van der Waals surface area contributed by atoms with E-state index in [0.29, 0.717) is 0 Å². The molecule has 0 aliphatic heterocycles. The molecule has 0 atom stereocenters. The molecule has 0 bridgehead atoms. The second-order valence-electron chi connectivity index (χ2n) is 0. The third-order valence-electron chi connectivity index (χ3n) is 0. The Morgan fingerprint density at radius 3 is 1.25 bits per heavy atom. The second-order valence-corrected chi connectivity index (χ2v) is 0. The van der Waals surface area contributed by atoms with Gasteiger partial charge in [0.15, 0.2) is 0 Å². The predicted octanol–water partition coefficient (Wildman–Crippen LogP) is -2.48. The van der Waals surface area contributed by atoms with E-state index in [1.165, 1.54) is 0 Å². The van der Waals surface area contributed by atoms with Gasteiger partial charge in [-0.25, -0.2) is 0 Å². The van der Waals surface area contributed by atoms with Crippen molar-refractivity contribution in [1.82, 2.24) is 0 Å². The van der Waals surface area contributed by atoms with Crippen molar-refractivity contribution in [1.29, 1.82) is 0 Å². The van der Waals surface area contributed by atoms with Gasteiger partial charge in [0.1, 0.15) is 0 Å². The first-order valence-corrected chi connectivity index (χ1v) is 6.97. The van der Waals surface area contributed by atoms with Gasteiger partial charge in [0, 0.05) is 17.1 Å². The minimum absolute atomic E-state index is 0. The first kappa shape index (κ1) is 15.9. The van der Waals surface area contributed by atoms with Crippen molar-refractivity contribution in [3.63, 3.8) is 0 Å². The standard InChI is InChI=1S/Cu.In.H2SeTe.3H/c;;1-2;;;/h;;1-2H;;;. The number of hydrogen-bond donors (Lipinski definition) is 0. The van der Waals surface area contributed by atoms with E-state index < -0.39 is 0 Å². The molecule has 0 N–H and O–H groups in total. The van der Waals surface area contributed by atoms with E-state index in [9.17, 15) is 0 Å². The number of hydrogen-bond acceptors (Lipinski definition) is 0. The van der Waals surface area contributed by atoms with E-state index in [1.54, 1.807) is 20.1 Å². The molecule has 0 aromatic heterocycles. The fraction of sp³-hybridized carbons (Fsp3) is 0. The van der Waals surface area contributed by atoms with Gasteiger partial charge in [-0.1, -0.05) is 0 Å². The predicted molar refractivity (Wildman–Crippen MR) is 24.2 cm³/mol. The summed E-state index contributed by atoms with van der Waals surface area (Å²) in [6.45, 7) is 0. The average Bonchev–Trinajstić information content (AvgIpc) is 1.00. The molecular weight excluding hydrogens is 385 g/mol. The molecular formula is H5CuInSeTe. The molecule has 0 aliphatic carbocycles. The second kappa shape index (κ2) is 17.3. The van der Waals surface area contributed by atoms with E-state index in [-0.39, 0.29) is 42.9 Å². The van der Waals surface area contributed by atoms with Crippen LogP contribution < -0.4 is 0 Å². The molecule has 0 nitrogen and oxygen atoms in total. The Morgan fingerprint density at radius 1 is 1.25 bits per heavy atom. The summed E-state index contributed by atoms with van der Waals surface area (Å²) in [6.07, 6.45) is 0. The zero-order valence-electron chi connectivity index (χ0n) is 1.20. The Hall–Kier alpha value is 2.70. The molecule has 0 rings (SSSR count). The van der Waals surface area contributed by atoms with Crippen molar-refractivity contribution in [3.8, 4) is 0 Å². The molecule has 0 fully saturated rings. The van der Waals surface area contributed by atoms with Crippen molar-refractivity contribution < 1.29 is 17.1 Å². The zero-order valence-corrected chi connectivity index (χ0v) is 6.57. The molecule has 0 aliphatic rings. The average molecular weight is 390 g/mol. The summed E-state index contributed by atoms with van der Waals surface area (Å²) in [4.78, 5) is 0. The molecule has 0 aromatic carbocycles. The summed E-state index contributed by atoms with van der Waals surface area (Å²) in [5.74, 6) is 0. The first-order valence-electron chi connectivity index (χ1n) is 0.200. The Labute approximate surface area is 74.5 Å². The topological polar surface area (TPSA) is 0 Å². The summed E-state index contributed by atoms with van der Waals surface area (Å²) >= 11 is 4.05. The fourth-order valence-corrected chi connectivity index (χ4v) is 0. The van der Waals surface area contributed by atoms with Crippen LogP contribution in [0, 0.1) is 0 Å². The van der Waals surface area contributed by atoms with Crippen LogP contribution in [-0.4, -0.2) is 58.7 Å². The van der Waals surface area contributed by atoms with E-state index in [0.717, 1.165) is 0 Å². The van der Waals surface area contributed by atoms with E-state index in [4.69, 9.17) is 0 Å². The van der Waals surface area contributed by atoms with Crippen LogP contribution in [-0.2, 0) is 17.1 Å².